The number of rotatable bonds is 6. The first kappa shape index (κ1) is 20.6. The molecule has 0 radical (unpaired) electrons. The van der Waals surface area contributed by atoms with Crippen LogP contribution in [-0.2, 0) is 18.3 Å². The number of carbonyl (C=O) groups excluding carboxylic acids is 1. The standard InChI is InChI=1S/C25H26N4O2/c1-15-10-17(3)22(11-16(15)2)27-25-28-23-14-20(6-7-24(23)29(25)5)31-21-8-9-26-19(13-21)12-18(4)30/h6-11,13-14H,12H2,1-5H3,(H,27,28). The van der Waals surface area contributed by atoms with Crippen LogP contribution in [0.3, 0.4) is 0 Å². The van der Waals surface area contributed by atoms with Gasteiger partial charge >= 0.3 is 0 Å². The lowest BCUT2D eigenvalue weighted by Crippen LogP contribution is -2.01. The molecule has 2 heterocycles. The van der Waals surface area contributed by atoms with Crippen LogP contribution < -0.4 is 10.1 Å². The van der Waals surface area contributed by atoms with Crippen LogP contribution >= 0.6 is 0 Å². The fraction of sp³-hybridized carbons (Fsp3) is 0.240. The van der Waals surface area contributed by atoms with Gasteiger partial charge in [0.15, 0.2) is 0 Å². The SMILES string of the molecule is CC(=O)Cc1cc(Oc2ccc3c(c2)nc(Nc2cc(C)c(C)cc2C)n3C)ccn1. The van der Waals surface area contributed by atoms with Crippen molar-refractivity contribution in [3.8, 4) is 11.5 Å². The summed E-state index contributed by atoms with van der Waals surface area (Å²) in [6, 6.07) is 13.7. The molecule has 1 N–H and O–H groups in total. The molecule has 0 atom stereocenters. The lowest BCUT2D eigenvalue weighted by Gasteiger charge is -2.12. The predicted molar refractivity (Wildman–Crippen MR) is 123 cm³/mol. The van der Waals surface area contributed by atoms with Gasteiger partial charge in [0.25, 0.3) is 0 Å². The monoisotopic (exact) mass is 414 g/mol. The van der Waals surface area contributed by atoms with Crippen LogP contribution in [0.2, 0.25) is 0 Å². The zero-order chi connectivity index (χ0) is 22.1. The molecule has 158 valence electrons. The Morgan fingerprint density at radius 2 is 1.74 bits per heavy atom. The maximum absolute atomic E-state index is 11.4. The van der Waals surface area contributed by atoms with Gasteiger partial charge in [-0.3, -0.25) is 9.78 Å². The minimum Gasteiger partial charge on any atom is -0.457 e. The molecule has 6 heteroatoms. The molecule has 31 heavy (non-hydrogen) atoms. The van der Waals surface area contributed by atoms with E-state index in [1.165, 1.54) is 16.7 Å². The number of Topliss-reactive ketones (excluding diaryl/α,β-unsaturated/α-hetero) is 1. The fourth-order valence-electron chi connectivity index (χ4n) is 3.58. The molecule has 0 spiro atoms. The maximum Gasteiger partial charge on any atom is 0.208 e. The highest BCUT2D eigenvalue weighted by Crippen LogP contribution is 2.29. The number of carbonyl (C=O) groups is 1. The van der Waals surface area contributed by atoms with Crippen molar-refractivity contribution >= 4 is 28.5 Å². The van der Waals surface area contributed by atoms with Gasteiger partial charge in [-0.25, -0.2) is 4.98 Å². The lowest BCUT2D eigenvalue weighted by atomic mass is 10.1. The highest BCUT2D eigenvalue weighted by molar-refractivity contribution is 5.81. The minimum atomic E-state index is 0.0681. The van der Waals surface area contributed by atoms with Crippen molar-refractivity contribution < 1.29 is 9.53 Å². The summed E-state index contributed by atoms with van der Waals surface area (Å²) in [5.41, 5.74) is 7.27. The summed E-state index contributed by atoms with van der Waals surface area (Å²) < 4.78 is 8.04. The normalized spacial score (nSPS) is 11.0. The van der Waals surface area contributed by atoms with Crippen LogP contribution in [0.5, 0.6) is 11.5 Å². The topological polar surface area (TPSA) is 69.0 Å². The Balaban J connectivity index is 1.61. The molecule has 0 unspecified atom stereocenters. The molecule has 4 rings (SSSR count). The quantitative estimate of drug-likeness (QED) is 0.447. The van der Waals surface area contributed by atoms with E-state index in [1.54, 1.807) is 25.3 Å². The Morgan fingerprint density at radius 3 is 2.52 bits per heavy atom. The summed E-state index contributed by atoms with van der Waals surface area (Å²) in [6.07, 6.45) is 1.95. The third-order valence-corrected chi connectivity index (χ3v) is 5.39. The molecule has 0 aliphatic carbocycles. The van der Waals surface area contributed by atoms with Gasteiger partial charge in [-0.1, -0.05) is 6.07 Å². The van der Waals surface area contributed by atoms with Crippen molar-refractivity contribution in [2.75, 3.05) is 5.32 Å². The number of ether oxygens (including phenoxy) is 1. The molecular weight excluding hydrogens is 388 g/mol. The van der Waals surface area contributed by atoms with Crippen molar-refractivity contribution in [1.82, 2.24) is 14.5 Å². The van der Waals surface area contributed by atoms with Gasteiger partial charge in [-0.2, -0.15) is 0 Å². The number of benzene rings is 2. The molecule has 6 nitrogen and oxygen atoms in total. The van der Waals surface area contributed by atoms with Gasteiger partial charge in [0, 0.05) is 37.5 Å². The molecule has 0 saturated carbocycles. The van der Waals surface area contributed by atoms with E-state index in [0.717, 1.165) is 22.7 Å². The Morgan fingerprint density at radius 1 is 1.00 bits per heavy atom. The number of nitrogens with one attached hydrogen (secondary N) is 1. The molecule has 2 aromatic carbocycles. The number of anilines is 2. The van der Waals surface area contributed by atoms with Crippen LogP contribution in [-0.4, -0.2) is 20.3 Å². The highest BCUT2D eigenvalue weighted by Gasteiger charge is 2.12. The molecule has 4 aromatic rings. The van der Waals surface area contributed by atoms with Gasteiger partial charge in [0.2, 0.25) is 5.95 Å². The first-order valence-corrected chi connectivity index (χ1v) is 10.2. The van der Waals surface area contributed by atoms with Crippen LogP contribution in [0.15, 0.2) is 48.7 Å². The average molecular weight is 415 g/mol. The molecule has 2 aromatic heterocycles. The van der Waals surface area contributed by atoms with E-state index in [2.05, 4.69) is 43.2 Å². The van der Waals surface area contributed by atoms with Gasteiger partial charge < -0.3 is 14.6 Å². The number of imidazole rings is 1. The summed E-state index contributed by atoms with van der Waals surface area (Å²) in [6.45, 7) is 7.88. The van der Waals surface area contributed by atoms with E-state index >= 15 is 0 Å². The number of nitrogens with zero attached hydrogens (tertiary/aromatic N) is 3. The van der Waals surface area contributed by atoms with Crippen LogP contribution in [0.4, 0.5) is 11.6 Å². The number of hydrogen-bond donors (Lipinski definition) is 1. The average Bonchev–Trinajstić information content (AvgIpc) is 3.01. The summed E-state index contributed by atoms with van der Waals surface area (Å²) in [7, 11) is 1.99. The van der Waals surface area contributed by atoms with E-state index in [-0.39, 0.29) is 5.78 Å². The first-order valence-electron chi connectivity index (χ1n) is 10.2. The third kappa shape index (κ3) is 4.43. The molecule has 0 aliphatic rings. The van der Waals surface area contributed by atoms with Gasteiger partial charge in [-0.15, -0.1) is 0 Å². The lowest BCUT2D eigenvalue weighted by molar-refractivity contribution is -0.116. The third-order valence-electron chi connectivity index (χ3n) is 5.39. The van der Waals surface area contributed by atoms with E-state index < -0.39 is 0 Å². The van der Waals surface area contributed by atoms with Crippen molar-refractivity contribution in [2.45, 2.75) is 34.1 Å². The summed E-state index contributed by atoms with van der Waals surface area (Å²) in [5.74, 6) is 2.16. The Hall–Kier alpha value is -3.67. The Labute approximate surface area is 181 Å². The van der Waals surface area contributed by atoms with Crippen molar-refractivity contribution in [3.05, 3.63) is 71.0 Å². The molecular formula is C25H26N4O2. The maximum atomic E-state index is 11.4. The largest absolute Gasteiger partial charge is 0.457 e. The zero-order valence-corrected chi connectivity index (χ0v) is 18.5. The molecule has 0 saturated heterocycles. The summed E-state index contributed by atoms with van der Waals surface area (Å²) in [4.78, 5) is 20.3. The first-order chi connectivity index (χ1) is 14.8. The van der Waals surface area contributed by atoms with Gasteiger partial charge in [0.05, 0.1) is 16.7 Å². The van der Waals surface area contributed by atoms with Gasteiger partial charge in [-0.05, 0) is 68.7 Å². The second-order valence-electron chi connectivity index (χ2n) is 7.99. The number of aromatic nitrogens is 3. The Bertz CT molecular complexity index is 1290. The van der Waals surface area contributed by atoms with Crippen LogP contribution in [0, 0.1) is 20.8 Å². The van der Waals surface area contributed by atoms with E-state index in [9.17, 15) is 4.79 Å². The van der Waals surface area contributed by atoms with E-state index in [0.29, 0.717) is 23.6 Å². The molecule has 0 amide bonds. The van der Waals surface area contributed by atoms with Crippen LogP contribution in [0.1, 0.15) is 29.3 Å². The van der Waals surface area contributed by atoms with Crippen molar-refractivity contribution in [1.29, 1.82) is 0 Å². The number of fused-ring (bicyclic) bond motifs is 1. The number of hydrogen-bond acceptors (Lipinski definition) is 5. The fourth-order valence-corrected chi connectivity index (χ4v) is 3.58. The number of aryl methyl sites for hydroxylation is 4. The minimum absolute atomic E-state index is 0.0681. The molecule has 0 aliphatic heterocycles. The van der Waals surface area contributed by atoms with E-state index in [4.69, 9.17) is 9.72 Å². The molecule has 0 bridgehead atoms. The predicted octanol–water partition coefficient (Wildman–Crippen LogP) is 5.56. The second-order valence-corrected chi connectivity index (χ2v) is 7.99. The zero-order valence-electron chi connectivity index (χ0n) is 18.5. The van der Waals surface area contributed by atoms with Crippen molar-refractivity contribution in [2.24, 2.45) is 7.05 Å². The molecule has 0 fully saturated rings. The number of pyridine rings is 1. The second kappa shape index (κ2) is 8.22. The van der Waals surface area contributed by atoms with Gasteiger partial charge in [0.1, 0.15) is 17.3 Å². The summed E-state index contributed by atoms with van der Waals surface area (Å²) in [5, 5.41) is 3.46. The summed E-state index contributed by atoms with van der Waals surface area (Å²) >= 11 is 0. The Kier molecular flexibility index (Phi) is 5.46. The van der Waals surface area contributed by atoms with Crippen molar-refractivity contribution in [3.63, 3.8) is 0 Å². The van der Waals surface area contributed by atoms with Crippen LogP contribution in [0.25, 0.3) is 11.0 Å². The van der Waals surface area contributed by atoms with E-state index in [1.807, 2.05) is 29.8 Å². The smallest absolute Gasteiger partial charge is 0.208 e. The number of ketones is 1. The highest BCUT2D eigenvalue weighted by atomic mass is 16.5.